The van der Waals surface area contributed by atoms with Crippen LogP contribution in [0.4, 0.5) is 0 Å². The number of Topliss-reactive ketones (excluding diaryl/α,β-unsaturated/α-hetero) is 1. The van der Waals surface area contributed by atoms with Gasteiger partial charge in [0.2, 0.25) is 0 Å². The van der Waals surface area contributed by atoms with Gasteiger partial charge in [0.05, 0.1) is 18.4 Å². The van der Waals surface area contributed by atoms with Crippen LogP contribution in [0.15, 0.2) is 17.9 Å². The van der Waals surface area contributed by atoms with Gasteiger partial charge in [-0.15, -0.1) is 11.3 Å². The maximum Gasteiger partial charge on any atom is 0.189 e. The van der Waals surface area contributed by atoms with Gasteiger partial charge in [-0.2, -0.15) is 0 Å². The van der Waals surface area contributed by atoms with Gasteiger partial charge >= 0.3 is 0 Å². The van der Waals surface area contributed by atoms with Crippen molar-refractivity contribution in [3.8, 4) is 0 Å². The van der Waals surface area contributed by atoms with E-state index in [4.69, 9.17) is 0 Å². The lowest BCUT2D eigenvalue weighted by Crippen LogP contribution is -2.12. The van der Waals surface area contributed by atoms with Crippen LogP contribution in [-0.4, -0.2) is 20.3 Å². The number of carbonyl (C=O) groups is 1. The second-order valence-electron chi connectivity index (χ2n) is 5.40. The van der Waals surface area contributed by atoms with Crippen molar-refractivity contribution in [1.29, 1.82) is 0 Å². The molecule has 2 aromatic rings. The van der Waals surface area contributed by atoms with Crippen molar-refractivity contribution in [2.45, 2.75) is 32.6 Å². The van der Waals surface area contributed by atoms with E-state index < -0.39 is 0 Å². The number of rotatable bonds is 3. The molecule has 0 fully saturated rings. The van der Waals surface area contributed by atoms with Crippen LogP contribution in [0, 0.1) is 0 Å². The van der Waals surface area contributed by atoms with Crippen LogP contribution >= 0.6 is 11.3 Å². The average Bonchev–Trinajstić information content (AvgIpc) is 2.85. The molecule has 18 heavy (non-hydrogen) atoms. The van der Waals surface area contributed by atoms with Crippen molar-refractivity contribution >= 4 is 17.1 Å². The highest BCUT2D eigenvalue weighted by Crippen LogP contribution is 2.24. The molecular weight excluding hydrogens is 246 g/mol. The highest BCUT2D eigenvalue weighted by molar-refractivity contribution is 7.09. The van der Waals surface area contributed by atoms with E-state index in [0.717, 1.165) is 10.7 Å². The van der Waals surface area contributed by atoms with Gasteiger partial charge in [-0.3, -0.25) is 4.79 Å². The van der Waals surface area contributed by atoms with E-state index in [9.17, 15) is 4.79 Å². The number of hydrogen-bond acceptors (Lipinski definition) is 4. The molecule has 4 nitrogen and oxygen atoms in total. The van der Waals surface area contributed by atoms with Gasteiger partial charge in [0.1, 0.15) is 10.7 Å². The maximum atomic E-state index is 12.0. The van der Waals surface area contributed by atoms with Crippen molar-refractivity contribution in [3.63, 3.8) is 0 Å². The summed E-state index contributed by atoms with van der Waals surface area (Å²) in [5, 5.41) is 2.89. The number of ketones is 1. The Morgan fingerprint density at radius 2 is 2.17 bits per heavy atom. The van der Waals surface area contributed by atoms with Crippen LogP contribution in [0.3, 0.4) is 0 Å². The molecule has 5 heteroatoms. The molecule has 0 saturated heterocycles. The van der Waals surface area contributed by atoms with Crippen molar-refractivity contribution in [3.05, 3.63) is 34.3 Å². The molecule has 0 spiro atoms. The van der Waals surface area contributed by atoms with Gasteiger partial charge in [-0.25, -0.2) is 9.97 Å². The molecule has 0 bridgehead atoms. The minimum atomic E-state index is 0.0189. The summed E-state index contributed by atoms with van der Waals surface area (Å²) in [6.45, 7) is 6.35. The van der Waals surface area contributed by atoms with E-state index in [2.05, 4.69) is 30.7 Å². The summed E-state index contributed by atoms with van der Waals surface area (Å²) < 4.78 is 1.77. The Bertz CT molecular complexity index is 563. The van der Waals surface area contributed by atoms with Crippen LogP contribution in [0.5, 0.6) is 0 Å². The molecule has 0 aliphatic rings. The third-order valence-electron chi connectivity index (χ3n) is 2.62. The van der Waals surface area contributed by atoms with Crippen LogP contribution in [-0.2, 0) is 18.9 Å². The first-order valence-electron chi connectivity index (χ1n) is 5.82. The molecular formula is C13H17N3OS. The van der Waals surface area contributed by atoms with Gasteiger partial charge < -0.3 is 4.57 Å². The summed E-state index contributed by atoms with van der Waals surface area (Å²) >= 11 is 1.54. The fraction of sp³-hybridized carbons (Fsp3) is 0.462. The zero-order valence-electron chi connectivity index (χ0n) is 11.1. The minimum absolute atomic E-state index is 0.0189. The standard InChI is InChI=1S/C13H17N3OS/c1-13(2,3)11-7-18-12(15-11)5-10(17)9-6-16(4)8-14-9/h6-8H,5H2,1-4H3. The molecule has 0 amide bonds. The van der Waals surface area contributed by atoms with Crippen molar-refractivity contribution in [2.24, 2.45) is 7.05 Å². The predicted molar refractivity (Wildman–Crippen MR) is 72.1 cm³/mol. The maximum absolute atomic E-state index is 12.0. The van der Waals surface area contributed by atoms with Gasteiger partial charge in [0.25, 0.3) is 0 Å². The summed E-state index contributed by atoms with van der Waals surface area (Å²) in [6, 6.07) is 0. The topological polar surface area (TPSA) is 47.8 Å². The summed E-state index contributed by atoms with van der Waals surface area (Å²) in [7, 11) is 1.85. The second-order valence-corrected chi connectivity index (χ2v) is 6.34. The first-order valence-corrected chi connectivity index (χ1v) is 6.70. The van der Waals surface area contributed by atoms with Gasteiger partial charge in [-0.05, 0) is 0 Å². The number of hydrogen-bond donors (Lipinski definition) is 0. The highest BCUT2D eigenvalue weighted by atomic mass is 32.1. The summed E-state index contributed by atoms with van der Waals surface area (Å²) in [6.07, 6.45) is 3.70. The van der Waals surface area contributed by atoms with Crippen molar-refractivity contribution < 1.29 is 4.79 Å². The van der Waals surface area contributed by atoms with E-state index in [1.54, 1.807) is 17.1 Å². The largest absolute Gasteiger partial charge is 0.340 e. The number of aromatic nitrogens is 3. The Morgan fingerprint density at radius 3 is 2.67 bits per heavy atom. The fourth-order valence-corrected chi connectivity index (χ4v) is 2.54. The zero-order valence-corrected chi connectivity index (χ0v) is 11.9. The van der Waals surface area contributed by atoms with Crippen molar-refractivity contribution in [1.82, 2.24) is 14.5 Å². The number of imidazole rings is 1. The first kappa shape index (κ1) is 13.0. The summed E-state index contributed by atoms with van der Waals surface area (Å²) in [4.78, 5) is 20.6. The lowest BCUT2D eigenvalue weighted by molar-refractivity contribution is 0.0988. The van der Waals surface area contributed by atoms with E-state index in [1.807, 2.05) is 12.4 Å². The number of thiazole rings is 1. The normalized spacial score (nSPS) is 11.8. The van der Waals surface area contributed by atoms with Gasteiger partial charge in [0.15, 0.2) is 5.78 Å². The quantitative estimate of drug-likeness (QED) is 0.800. The predicted octanol–water partition coefficient (Wildman–Crippen LogP) is 2.60. The second kappa shape index (κ2) is 4.65. The Balaban J connectivity index is 2.10. The molecule has 0 N–H and O–H groups in total. The van der Waals surface area contributed by atoms with E-state index in [0.29, 0.717) is 12.1 Å². The van der Waals surface area contributed by atoms with Gasteiger partial charge in [-0.1, -0.05) is 20.8 Å². The zero-order chi connectivity index (χ0) is 13.3. The fourth-order valence-electron chi connectivity index (χ4n) is 1.52. The van der Waals surface area contributed by atoms with Crippen LogP contribution in [0.25, 0.3) is 0 Å². The number of nitrogens with zero attached hydrogens (tertiary/aromatic N) is 3. The Hall–Kier alpha value is -1.49. The number of aryl methyl sites for hydroxylation is 1. The molecule has 2 rings (SSSR count). The SMILES string of the molecule is Cn1cnc(C(=O)Cc2nc(C(C)(C)C)cs2)c1. The van der Waals surface area contributed by atoms with Crippen LogP contribution in [0.2, 0.25) is 0 Å². The number of carbonyl (C=O) groups excluding carboxylic acids is 1. The van der Waals surface area contributed by atoms with E-state index >= 15 is 0 Å². The monoisotopic (exact) mass is 263 g/mol. The smallest absolute Gasteiger partial charge is 0.189 e. The minimum Gasteiger partial charge on any atom is -0.340 e. The van der Waals surface area contributed by atoms with Gasteiger partial charge in [0, 0.05) is 24.0 Å². The molecule has 0 aliphatic carbocycles. The molecule has 0 saturated carbocycles. The molecule has 0 aliphatic heterocycles. The Labute approximate surface area is 111 Å². The van der Waals surface area contributed by atoms with Crippen LogP contribution in [0.1, 0.15) is 42.0 Å². The molecule has 0 atom stereocenters. The van der Waals surface area contributed by atoms with Crippen molar-refractivity contribution in [2.75, 3.05) is 0 Å². The van der Waals surface area contributed by atoms with Crippen LogP contribution < -0.4 is 0 Å². The molecule has 2 heterocycles. The summed E-state index contributed by atoms with van der Waals surface area (Å²) in [5.41, 5.74) is 1.57. The third kappa shape index (κ3) is 2.85. The highest BCUT2D eigenvalue weighted by Gasteiger charge is 2.19. The third-order valence-corrected chi connectivity index (χ3v) is 3.47. The molecule has 0 aromatic carbocycles. The molecule has 0 unspecified atom stereocenters. The Kier molecular flexibility index (Phi) is 3.34. The molecule has 0 radical (unpaired) electrons. The van der Waals surface area contributed by atoms with E-state index in [1.165, 1.54) is 11.3 Å². The average molecular weight is 263 g/mol. The molecule has 2 aromatic heterocycles. The van der Waals surface area contributed by atoms with E-state index in [-0.39, 0.29) is 11.2 Å². The molecule has 96 valence electrons. The lowest BCUT2D eigenvalue weighted by atomic mass is 9.93. The lowest BCUT2D eigenvalue weighted by Gasteiger charge is -2.14. The first-order chi connectivity index (χ1) is 8.36. The Morgan fingerprint density at radius 1 is 1.44 bits per heavy atom. The summed E-state index contributed by atoms with van der Waals surface area (Å²) in [5.74, 6) is 0.0189.